The van der Waals surface area contributed by atoms with Crippen molar-refractivity contribution in [2.45, 2.75) is 31.7 Å². The molecule has 1 N–H and O–H groups in total. The zero-order valence-corrected chi connectivity index (χ0v) is 16.4. The Morgan fingerprint density at radius 1 is 1.12 bits per heavy atom. The normalized spacial score (nSPS) is 11.7. The van der Waals surface area contributed by atoms with Crippen molar-refractivity contribution in [1.29, 1.82) is 0 Å². The van der Waals surface area contributed by atoms with Crippen LogP contribution >= 0.6 is 0 Å². The van der Waals surface area contributed by atoms with Crippen LogP contribution in [0.3, 0.4) is 0 Å². The Balaban J connectivity index is 2.18. The molecule has 0 spiro atoms. The lowest BCUT2D eigenvalue weighted by Gasteiger charge is -2.21. The number of carbonyl (C=O) groups is 1. The molecule has 0 unspecified atom stereocenters. The second-order valence-corrected chi connectivity index (χ2v) is 8.28. The van der Waals surface area contributed by atoms with Gasteiger partial charge in [-0.2, -0.15) is 4.31 Å². The Morgan fingerprint density at radius 3 is 2.27 bits per heavy atom. The topological polar surface area (TPSA) is 75.7 Å². The Morgan fingerprint density at radius 2 is 1.73 bits per heavy atom. The van der Waals surface area contributed by atoms with E-state index in [1.54, 1.807) is 38.4 Å². The first-order valence-corrected chi connectivity index (χ1v) is 9.65. The van der Waals surface area contributed by atoms with E-state index in [0.29, 0.717) is 17.0 Å². The first-order chi connectivity index (χ1) is 12.2. The number of carbonyl (C=O) groups excluding carboxylic acids is 1. The number of rotatable bonds is 6. The van der Waals surface area contributed by atoms with Crippen LogP contribution in [0.5, 0.6) is 5.75 Å². The maximum atomic E-state index is 12.5. The number of aryl methyl sites for hydroxylation is 1. The van der Waals surface area contributed by atoms with E-state index in [1.807, 2.05) is 26.8 Å². The first kappa shape index (κ1) is 19.9. The van der Waals surface area contributed by atoms with Gasteiger partial charge in [-0.3, -0.25) is 4.79 Å². The van der Waals surface area contributed by atoms with E-state index in [9.17, 15) is 13.2 Å². The van der Waals surface area contributed by atoms with E-state index in [-0.39, 0.29) is 16.8 Å². The molecule has 2 aromatic rings. The summed E-state index contributed by atoms with van der Waals surface area (Å²) in [5.41, 5.74) is 1.91. The summed E-state index contributed by atoms with van der Waals surface area (Å²) < 4.78 is 31.4. The van der Waals surface area contributed by atoms with Crippen LogP contribution < -0.4 is 10.1 Å². The van der Waals surface area contributed by atoms with Crippen molar-refractivity contribution in [2.24, 2.45) is 0 Å². The molecule has 0 heterocycles. The van der Waals surface area contributed by atoms with E-state index < -0.39 is 10.0 Å². The van der Waals surface area contributed by atoms with Crippen LogP contribution in [0, 0.1) is 6.92 Å². The summed E-state index contributed by atoms with van der Waals surface area (Å²) in [6.07, 6.45) is 0. The van der Waals surface area contributed by atoms with Gasteiger partial charge in [-0.15, -0.1) is 0 Å². The van der Waals surface area contributed by atoms with E-state index in [1.165, 1.54) is 16.4 Å². The zero-order valence-electron chi connectivity index (χ0n) is 15.6. The van der Waals surface area contributed by atoms with Gasteiger partial charge in [-0.25, -0.2) is 8.42 Å². The van der Waals surface area contributed by atoms with Crippen LogP contribution in [0.1, 0.15) is 29.8 Å². The molecular formula is C19H24N2O4S. The molecular weight excluding hydrogens is 352 g/mol. The number of sulfonamides is 1. The third-order valence-electron chi connectivity index (χ3n) is 4.19. The molecule has 0 aliphatic rings. The van der Waals surface area contributed by atoms with E-state index in [4.69, 9.17) is 4.74 Å². The predicted octanol–water partition coefficient (Wildman–Crippen LogP) is 3.28. The lowest BCUT2D eigenvalue weighted by molar-refractivity contribution is 0.102. The van der Waals surface area contributed by atoms with Gasteiger partial charge in [-0.05, 0) is 62.7 Å². The van der Waals surface area contributed by atoms with Crippen molar-refractivity contribution < 1.29 is 17.9 Å². The SMILES string of the molecule is COc1cc(C(=O)Nc2ccc(S(=O)(=O)N(C)C(C)C)cc2)ccc1C. The van der Waals surface area contributed by atoms with Crippen molar-refractivity contribution in [3.05, 3.63) is 53.6 Å². The summed E-state index contributed by atoms with van der Waals surface area (Å²) in [6, 6.07) is 11.2. The fourth-order valence-corrected chi connectivity index (χ4v) is 3.69. The number of anilines is 1. The second kappa shape index (κ2) is 7.88. The Kier molecular flexibility index (Phi) is 6.05. The van der Waals surface area contributed by atoms with Gasteiger partial charge in [0, 0.05) is 24.3 Å². The highest BCUT2D eigenvalue weighted by molar-refractivity contribution is 7.89. The number of benzene rings is 2. The predicted molar refractivity (Wildman–Crippen MR) is 102 cm³/mol. The molecule has 0 radical (unpaired) electrons. The number of hydrogen-bond donors (Lipinski definition) is 1. The third kappa shape index (κ3) is 4.23. The molecule has 0 bridgehead atoms. The third-order valence-corrected chi connectivity index (χ3v) is 6.23. The molecule has 26 heavy (non-hydrogen) atoms. The molecule has 0 aliphatic carbocycles. The van der Waals surface area contributed by atoms with Crippen LogP contribution in [0.2, 0.25) is 0 Å². The standard InChI is InChI=1S/C19H24N2O4S/c1-13(2)21(4)26(23,24)17-10-8-16(9-11-17)20-19(22)15-7-6-14(3)18(12-15)25-5/h6-13H,1-5H3,(H,20,22). The summed E-state index contributed by atoms with van der Waals surface area (Å²) in [4.78, 5) is 12.6. The fourth-order valence-electron chi connectivity index (χ4n) is 2.32. The molecule has 6 nitrogen and oxygen atoms in total. The van der Waals surface area contributed by atoms with Crippen LogP contribution in [0.25, 0.3) is 0 Å². The summed E-state index contributed by atoms with van der Waals surface area (Å²) in [7, 11) is -0.450. The second-order valence-electron chi connectivity index (χ2n) is 6.28. The number of methoxy groups -OCH3 is 1. The van der Waals surface area contributed by atoms with Gasteiger partial charge in [-0.1, -0.05) is 6.07 Å². The Bertz CT molecular complexity index is 890. The molecule has 1 amide bonds. The number of hydrogen-bond acceptors (Lipinski definition) is 4. The minimum atomic E-state index is -3.55. The number of ether oxygens (including phenoxy) is 1. The molecule has 2 aromatic carbocycles. The van der Waals surface area contributed by atoms with Gasteiger partial charge in [0.15, 0.2) is 0 Å². The average Bonchev–Trinajstić information content (AvgIpc) is 2.61. The van der Waals surface area contributed by atoms with Crippen LogP contribution in [0.4, 0.5) is 5.69 Å². The molecule has 2 rings (SSSR count). The minimum absolute atomic E-state index is 0.143. The summed E-state index contributed by atoms with van der Waals surface area (Å²) in [5, 5.41) is 2.76. The highest BCUT2D eigenvalue weighted by Crippen LogP contribution is 2.21. The molecule has 0 aromatic heterocycles. The zero-order chi connectivity index (χ0) is 19.5. The van der Waals surface area contributed by atoms with Crippen molar-refractivity contribution in [3.8, 4) is 5.75 Å². The summed E-state index contributed by atoms with van der Waals surface area (Å²) in [5.74, 6) is 0.342. The van der Waals surface area contributed by atoms with E-state index >= 15 is 0 Å². The van der Waals surface area contributed by atoms with E-state index in [2.05, 4.69) is 5.32 Å². The van der Waals surface area contributed by atoms with Crippen LogP contribution in [-0.4, -0.2) is 38.8 Å². The van der Waals surface area contributed by atoms with Crippen LogP contribution in [-0.2, 0) is 10.0 Å². The van der Waals surface area contributed by atoms with Gasteiger partial charge in [0.2, 0.25) is 10.0 Å². The van der Waals surface area contributed by atoms with Gasteiger partial charge >= 0.3 is 0 Å². The highest BCUT2D eigenvalue weighted by Gasteiger charge is 2.22. The number of nitrogens with zero attached hydrogens (tertiary/aromatic N) is 1. The Labute approximate surface area is 154 Å². The van der Waals surface area contributed by atoms with Gasteiger partial charge in [0.25, 0.3) is 5.91 Å². The van der Waals surface area contributed by atoms with Gasteiger partial charge in [0.05, 0.1) is 12.0 Å². The number of amides is 1. The fraction of sp³-hybridized carbons (Fsp3) is 0.316. The van der Waals surface area contributed by atoms with Crippen molar-refractivity contribution in [2.75, 3.05) is 19.5 Å². The lowest BCUT2D eigenvalue weighted by Crippen LogP contribution is -2.33. The largest absolute Gasteiger partial charge is 0.496 e. The van der Waals surface area contributed by atoms with Gasteiger partial charge in [0.1, 0.15) is 5.75 Å². The maximum Gasteiger partial charge on any atom is 0.255 e. The van der Waals surface area contributed by atoms with E-state index in [0.717, 1.165) is 5.56 Å². The quantitative estimate of drug-likeness (QED) is 0.839. The molecule has 0 saturated carbocycles. The molecule has 0 saturated heterocycles. The summed E-state index contributed by atoms with van der Waals surface area (Å²) >= 11 is 0. The lowest BCUT2D eigenvalue weighted by atomic mass is 10.1. The molecule has 0 atom stereocenters. The highest BCUT2D eigenvalue weighted by atomic mass is 32.2. The van der Waals surface area contributed by atoms with Gasteiger partial charge < -0.3 is 10.1 Å². The average molecular weight is 376 g/mol. The molecule has 7 heteroatoms. The first-order valence-electron chi connectivity index (χ1n) is 8.21. The Hall–Kier alpha value is -2.38. The van der Waals surface area contributed by atoms with Crippen molar-refractivity contribution in [3.63, 3.8) is 0 Å². The monoisotopic (exact) mass is 376 g/mol. The summed E-state index contributed by atoms with van der Waals surface area (Å²) in [6.45, 7) is 5.51. The molecule has 0 aliphatic heterocycles. The van der Waals surface area contributed by atoms with Crippen molar-refractivity contribution in [1.82, 2.24) is 4.31 Å². The van der Waals surface area contributed by atoms with Crippen molar-refractivity contribution >= 4 is 21.6 Å². The van der Waals surface area contributed by atoms with Crippen LogP contribution in [0.15, 0.2) is 47.4 Å². The molecule has 140 valence electrons. The smallest absolute Gasteiger partial charge is 0.255 e. The maximum absolute atomic E-state index is 12.5. The number of nitrogens with one attached hydrogen (secondary N) is 1. The minimum Gasteiger partial charge on any atom is -0.496 e. The molecule has 0 fully saturated rings.